The molecule has 3 rings (SSSR count). The summed E-state index contributed by atoms with van der Waals surface area (Å²) in [4.78, 5) is 0. The van der Waals surface area contributed by atoms with E-state index in [1.165, 1.54) is 51.2 Å². The van der Waals surface area contributed by atoms with Crippen LogP contribution in [0.15, 0.2) is 24.5 Å². The molecule has 0 atom stereocenters. The number of ether oxygens (including phenoxy) is 1. The monoisotopic (exact) mass is 390 g/mol. The number of halogens is 2. The first-order chi connectivity index (χ1) is 13.6. The lowest BCUT2D eigenvalue weighted by Gasteiger charge is -2.38. The highest BCUT2D eigenvalue weighted by atomic mass is 19.2. The predicted octanol–water partition coefficient (Wildman–Crippen LogP) is 8.15. The number of allylic oxidation sites excluding steroid dienone is 1. The van der Waals surface area contributed by atoms with E-state index < -0.39 is 11.6 Å². The zero-order valence-electron chi connectivity index (χ0n) is 17.6. The molecule has 28 heavy (non-hydrogen) atoms. The average Bonchev–Trinajstić information content (AvgIpc) is 2.74. The fraction of sp³-hybridized carbons (Fsp3) is 0.680. The molecule has 1 aromatic rings. The lowest BCUT2D eigenvalue weighted by Crippen LogP contribution is -2.25. The summed E-state index contributed by atoms with van der Waals surface area (Å²) >= 11 is 0. The molecule has 3 heteroatoms. The topological polar surface area (TPSA) is 9.23 Å². The van der Waals surface area contributed by atoms with Gasteiger partial charge in [-0.25, -0.2) is 4.39 Å². The highest BCUT2D eigenvalue weighted by Gasteiger charge is 2.32. The zero-order chi connectivity index (χ0) is 19.9. The maximum atomic E-state index is 14.6. The summed E-state index contributed by atoms with van der Waals surface area (Å²) in [6.07, 6.45) is 17.0. The van der Waals surface area contributed by atoms with Gasteiger partial charge in [0, 0.05) is 0 Å². The van der Waals surface area contributed by atoms with E-state index in [0.717, 1.165) is 43.4 Å². The molecule has 0 spiro atoms. The average molecular weight is 391 g/mol. The fourth-order valence-electron chi connectivity index (χ4n) is 5.44. The second-order valence-corrected chi connectivity index (χ2v) is 8.90. The van der Waals surface area contributed by atoms with E-state index in [0.29, 0.717) is 5.56 Å². The highest BCUT2D eigenvalue weighted by Crippen LogP contribution is 2.45. The van der Waals surface area contributed by atoms with Crippen LogP contribution in [-0.4, -0.2) is 0 Å². The first-order valence-electron chi connectivity index (χ1n) is 11.4. The quantitative estimate of drug-likeness (QED) is 0.427. The van der Waals surface area contributed by atoms with Gasteiger partial charge in [-0.2, -0.15) is 4.39 Å². The maximum Gasteiger partial charge on any atom is 0.201 e. The summed E-state index contributed by atoms with van der Waals surface area (Å²) in [5.74, 6) is 1.12. The van der Waals surface area contributed by atoms with Crippen molar-refractivity contribution in [3.05, 3.63) is 41.7 Å². The number of hydrogen-bond donors (Lipinski definition) is 0. The Kier molecular flexibility index (Phi) is 7.93. The zero-order valence-corrected chi connectivity index (χ0v) is 17.6. The van der Waals surface area contributed by atoms with Gasteiger partial charge in [-0.05, 0) is 80.8 Å². The van der Waals surface area contributed by atoms with Gasteiger partial charge in [0.1, 0.15) is 0 Å². The Balaban J connectivity index is 1.52. The first-order valence-corrected chi connectivity index (χ1v) is 11.4. The molecular formula is C25H36F2O. The van der Waals surface area contributed by atoms with Gasteiger partial charge in [-0.1, -0.05) is 51.2 Å². The Labute approximate surface area is 169 Å². The van der Waals surface area contributed by atoms with Gasteiger partial charge in [0.05, 0.1) is 6.26 Å². The summed E-state index contributed by atoms with van der Waals surface area (Å²) < 4.78 is 34.0. The third kappa shape index (κ3) is 5.15. The number of hydrogen-bond acceptors (Lipinski definition) is 1. The normalized spacial score (nSPS) is 28.6. The van der Waals surface area contributed by atoms with Crippen molar-refractivity contribution in [3.8, 4) is 5.75 Å². The van der Waals surface area contributed by atoms with Gasteiger partial charge in [0.15, 0.2) is 11.6 Å². The van der Waals surface area contributed by atoms with Crippen LogP contribution in [-0.2, 0) is 0 Å². The lowest BCUT2D eigenvalue weighted by molar-refractivity contribution is 0.155. The van der Waals surface area contributed by atoms with E-state index in [1.54, 1.807) is 25.1 Å². The van der Waals surface area contributed by atoms with E-state index in [2.05, 4.69) is 6.92 Å². The molecule has 2 saturated carbocycles. The highest BCUT2D eigenvalue weighted by molar-refractivity contribution is 5.33. The van der Waals surface area contributed by atoms with Crippen molar-refractivity contribution in [2.75, 3.05) is 0 Å². The molecule has 2 aliphatic carbocycles. The SMILES string of the molecule is C/C=C/Oc1ccc(C2CCC(C3CCC(CCCC)CC3)CC2)c(F)c1F. The number of benzene rings is 1. The van der Waals surface area contributed by atoms with Crippen LogP contribution < -0.4 is 4.74 Å². The smallest absolute Gasteiger partial charge is 0.201 e. The van der Waals surface area contributed by atoms with E-state index in [-0.39, 0.29) is 11.7 Å². The predicted molar refractivity (Wildman–Crippen MR) is 111 cm³/mol. The van der Waals surface area contributed by atoms with E-state index in [9.17, 15) is 8.78 Å². The minimum atomic E-state index is -0.858. The summed E-state index contributed by atoms with van der Waals surface area (Å²) in [6, 6.07) is 3.29. The van der Waals surface area contributed by atoms with Crippen molar-refractivity contribution in [1.29, 1.82) is 0 Å². The Hall–Kier alpha value is -1.38. The van der Waals surface area contributed by atoms with Crippen LogP contribution in [0.3, 0.4) is 0 Å². The molecule has 2 aliphatic rings. The van der Waals surface area contributed by atoms with Crippen LogP contribution in [0.2, 0.25) is 0 Å². The molecule has 0 aromatic heterocycles. The van der Waals surface area contributed by atoms with Crippen molar-refractivity contribution in [2.24, 2.45) is 17.8 Å². The summed E-state index contributed by atoms with van der Waals surface area (Å²) in [5.41, 5.74) is 0.534. The molecule has 0 N–H and O–H groups in total. The molecule has 1 nitrogen and oxygen atoms in total. The molecule has 0 bridgehead atoms. The second kappa shape index (κ2) is 10.4. The molecule has 0 radical (unpaired) electrons. The van der Waals surface area contributed by atoms with E-state index in [1.807, 2.05) is 0 Å². The van der Waals surface area contributed by atoms with Crippen molar-refractivity contribution < 1.29 is 13.5 Å². The molecule has 1 aromatic carbocycles. The van der Waals surface area contributed by atoms with Crippen LogP contribution >= 0.6 is 0 Å². The Bertz CT molecular complexity index is 638. The molecule has 0 aliphatic heterocycles. The number of rotatable bonds is 7. The van der Waals surface area contributed by atoms with Crippen LogP contribution in [0, 0.1) is 29.4 Å². The van der Waals surface area contributed by atoms with Gasteiger partial charge in [0.2, 0.25) is 5.82 Å². The molecule has 0 heterocycles. The number of unbranched alkanes of at least 4 members (excludes halogenated alkanes) is 1. The Morgan fingerprint density at radius 3 is 2.18 bits per heavy atom. The third-order valence-corrected chi connectivity index (χ3v) is 7.14. The fourth-order valence-corrected chi connectivity index (χ4v) is 5.44. The van der Waals surface area contributed by atoms with Gasteiger partial charge in [-0.15, -0.1) is 0 Å². The Morgan fingerprint density at radius 1 is 0.929 bits per heavy atom. The van der Waals surface area contributed by atoms with Crippen LogP contribution in [0.1, 0.15) is 96.0 Å². The van der Waals surface area contributed by atoms with Crippen LogP contribution in [0.4, 0.5) is 8.78 Å². The molecule has 156 valence electrons. The molecule has 0 amide bonds. The first kappa shape index (κ1) is 21.3. The van der Waals surface area contributed by atoms with Gasteiger partial charge in [0.25, 0.3) is 0 Å². The van der Waals surface area contributed by atoms with Crippen molar-refractivity contribution in [3.63, 3.8) is 0 Å². The van der Waals surface area contributed by atoms with Gasteiger partial charge < -0.3 is 4.74 Å². The summed E-state index contributed by atoms with van der Waals surface area (Å²) in [7, 11) is 0. The lowest BCUT2D eigenvalue weighted by atomic mass is 9.68. The molecule has 2 fully saturated rings. The largest absolute Gasteiger partial charge is 0.462 e. The summed E-state index contributed by atoms with van der Waals surface area (Å²) in [6.45, 7) is 4.06. The minimum absolute atomic E-state index is 0.0344. The molecular weight excluding hydrogens is 354 g/mol. The third-order valence-electron chi connectivity index (χ3n) is 7.14. The van der Waals surface area contributed by atoms with Gasteiger partial charge >= 0.3 is 0 Å². The Morgan fingerprint density at radius 2 is 1.57 bits per heavy atom. The van der Waals surface area contributed by atoms with Crippen molar-refractivity contribution >= 4 is 0 Å². The van der Waals surface area contributed by atoms with Crippen LogP contribution in [0.5, 0.6) is 5.75 Å². The van der Waals surface area contributed by atoms with E-state index in [4.69, 9.17) is 4.74 Å². The van der Waals surface area contributed by atoms with Crippen LogP contribution in [0.25, 0.3) is 0 Å². The second-order valence-electron chi connectivity index (χ2n) is 8.90. The standard InChI is InChI=1S/C25H36F2O/c1-3-5-6-18-7-9-19(10-8-18)20-11-13-21(14-12-20)22-15-16-23(28-17-4-2)25(27)24(22)26/h4,15-21H,3,5-14H2,1-2H3/b17-4+. The van der Waals surface area contributed by atoms with Crippen molar-refractivity contribution in [2.45, 2.75) is 90.4 Å². The van der Waals surface area contributed by atoms with E-state index >= 15 is 0 Å². The maximum absolute atomic E-state index is 14.6. The van der Waals surface area contributed by atoms with Gasteiger partial charge in [-0.3, -0.25) is 0 Å². The van der Waals surface area contributed by atoms with Crippen molar-refractivity contribution in [1.82, 2.24) is 0 Å². The summed E-state index contributed by atoms with van der Waals surface area (Å²) in [5, 5.41) is 0. The molecule has 0 unspecified atom stereocenters. The minimum Gasteiger partial charge on any atom is -0.462 e. The molecule has 0 saturated heterocycles.